The van der Waals surface area contributed by atoms with Crippen molar-refractivity contribution in [1.29, 1.82) is 5.41 Å². The molecular weight excluding hydrogens is 116 g/mol. The summed E-state index contributed by atoms with van der Waals surface area (Å²) in [5.41, 5.74) is 0. The fourth-order valence-electron chi connectivity index (χ4n) is 0.240. The van der Waals surface area contributed by atoms with Crippen LogP contribution in [0.5, 0.6) is 0 Å². The largest absolute Gasteiger partial charge is 0.305 e. The first kappa shape index (κ1) is 7.75. The molecule has 0 rings (SSSR count). The number of carbonyl (C=O) groups is 1. The molecule has 0 aromatic heterocycles. The molecule has 0 saturated heterocycles. The zero-order chi connectivity index (χ0) is 7.11. The van der Waals surface area contributed by atoms with Crippen LogP contribution in [0, 0.1) is 5.41 Å². The molecule has 0 saturated carbocycles. The number of hydrogen-bond acceptors (Lipinski definition) is 3. The van der Waals surface area contributed by atoms with Gasteiger partial charge >= 0.3 is 0 Å². The fourth-order valence-corrected chi connectivity index (χ4v) is 0.240. The van der Waals surface area contributed by atoms with Gasteiger partial charge in [-0.15, -0.1) is 0 Å². The van der Waals surface area contributed by atoms with Crippen molar-refractivity contribution in [3.05, 3.63) is 12.3 Å². The maximum absolute atomic E-state index is 10.3. The first-order valence-corrected chi connectivity index (χ1v) is 2.50. The smallest absolute Gasteiger partial charge is 0.214 e. The van der Waals surface area contributed by atoms with Crippen LogP contribution in [0.1, 0.15) is 6.92 Å². The molecule has 0 spiro atoms. The van der Waals surface area contributed by atoms with Gasteiger partial charge in [0.2, 0.25) is 5.78 Å². The van der Waals surface area contributed by atoms with E-state index in [4.69, 9.17) is 5.41 Å². The summed E-state index contributed by atoms with van der Waals surface area (Å²) >= 11 is 0. The Morgan fingerprint density at radius 3 is 2.78 bits per heavy atom. The normalized spacial score (nSPS) is 10.8. The van der Waals surface area contributed by atoms with Crippen LogP contribution < -0.4 is 0 Å². The van der Waals surface area contributed by atoms with Gasteiger partial charge in [0.25, 0.3) is 0 Å². The Kier molecular flexibility index (Phi) is 4.22. The summed E-state index contributed by atoms with van der Waals surface area (Å²) in [6.45, 7) is 1.80. The Labute approximate surface area is 53.6 Å². The number of carbonyl (C=O) groups excluding carboxylic acids is 1. The molecule has 0 heterocycles. The van der Waals surface area contributed by atoms with Crippen LogP contribution in [0.2, 0.25) is 0 Å². The van der Waals surface area contributed by atoms with Gasteiger partial charge in [0.05, 0.1) is 12.4 Å². The van der Waals surface area contributed by atoms with Gasteiger partial charge in [0, 0.05) is 6.20 Å². The van der Waals surface area contributed by atoms with E-state index in [9.17, 15) is 4.79 Å². The molecule has 0 amide bonds. The molecule has 0 bridgehead atoms. The van der Waals surface area contributed by atoms with Crippen molar-refractivity contribution in [3.8, 4) is 0 Å². The zero-order valence-corrected chi connectivity index (χ0v) is 5.16. The molecule has 0 unspecified atom stereocenters. The number of allylic oxidation sites excluding steroid dienone is 1. The van der Waals surface area contributed by atoms with Gasteiger partial charge < -0.3 is 5.41 Å². The van der Waals surface area contributed by atoms with Crippen molar-refractivity contribution in [2.24, 2.45) is 4.99 Å². The number of nitrogens with zero attached hydrogens (tertiary/aromatic N) is 1. The lowest BCUT2D eigenvalue weighted by atomic mass is 10.5. The molecule has 0 aliphatic heterocycles. The summed E-state index contributed by atoms with van der Waals surface area (Å²) in [5, 5.41) is 6.45. The molecule has 0 fully saturated rings. The molecule has 0 aromatic rings. The number of aliphatic imine (C=N–C) groups is 1. The van der Waals surface area contributed by atoms with Crippen LogP contribution in [0.3, 0.4) is 0 Å². The molecule has 9 heavy (non-hydrogen) atoms. The van der Waals surface area contributed by atoms with E-state index in [1.165, 1.54) is 6.20 Å². The third-order valence-corrected chi connectivity index (χ3v) is 0.579. The van der Waals surface area contributed by atoms with Gasteiger partial charge in [-0.25, -0.2) is 0 Å². The molecule has 48 valence electrons. The molecule has 0 aliphatic rings. The quantitative estimate of drug-likeness (QED) is 0.556. The molecule has 3 heteroatoms. The molecule has 3 nitrogen and oxygen atoms in total. The predicted molar refractivity (Wildman–Crippen MR) is 37.1 cm³/mol. The number of ketones is 1. The summed E-state index contributed by atoms with van der Waals surface area (Å²) in [5.74, 6) is -0.395. The van der Waals surface area contributed by atoms with Crippen molar-refractivity contribution in [2.75, 3.05) is 0 Å². The summed E-state index contributed by atoms with van der Waals surface area (Å²) in [6, 6.07) is 0. The Hall–Kier alpha value is -1.25. The Morgan fingerprint density at radius 2 is 2.33 bits per heavy atom. The predicted octanol–water partition coefficient (Wildman–Crippen LogP) is 0.809. The van der Waals surface area contributed by atoms with E-state index in [0.29, 0.717) is 6.21 Å². The lowest BCUT2D eigenvalue weighted by molar-refractivity contribution is -0.106. The maximum atomic E-state index is 10.3. The van der Waals surface area contributed by atoms with Crippen LogP contribution in [0.15, 0.2) is 17.3 Å². The second-order valence-electron chi connectivity index (χ2n) is 1.31. The second-order valence-corrected chi connectivity index (χ2v) is 1.31. The van der Waals surface area contributed by atoms with E-state index in [-0.39, 0.29) is 0 Å². The van der Waals surface area contributed by atoms with Gasteiger partial charge in [-0.05, 0) is 6.92 Å². The van der Waals surface area contributed by atoms with E-state index in [2.05, 4.69) is 4.99 Å². The number of hydrogen-bond donors (Lipinski definition) is 1. The molecule has 0 radical (unpaired) electrons. The Morgan fingerprint density at radius 1 is 1.67 bits per heavy atom. The summed E-state index contributed by atoms with van der Waals surface area (Å²) in [7, 11) is 0. The third-order valence-electron chi connectivity index (χ3n) is 0.579. The van der Waals surface area contributed by atoms with E-state index in [1.54, 1.807) is 13.0 Å². The topological polar surface area (TPSA) is 53.3 Å². The van der Waals surface area contributed by atoms with E-state index in [1.807, 2.05) is 0 Å². The summed E-state index contributed by atoms with van der Waals surface area (Å²) < 4.78 is 0. The van der Waals surface area contributed by atoms with Gasteiger partial charge in [-0.2, -0.15) is 0 Å². The average Bonchev–Trinajstić information content (AvgIpc) is 1.89. The van der Waals surface area contributed by atoms with Gasteiger partial charge in [0.15, 0.2) is 0 Å². The highest BCUT2D eigenvalue weighted by atomic mass is 16.1. The minimum absolute atomic E-state index is 0.395. The summed E-state index contributed by atoms with van der Waals surface area (Å²) in [4.78, 5) is 13.8. The number of rotatable bonds is 3. The Balaban J connectivity index is 3.70. The zero-order valence-electron chi connectivity index (χ0n) is 5.16. The highest BCUT2D eigenvalue weighted by molar-refractivity contribution is 6.52. The van der Waals surface area contributed by atoms with Crippen molar-refractivity contribution >= 4 is 18.2 Å². The first-order valence-electron chi connectivity index (χ1n) is 2.50. The van der Waals surface area contributed by atoms with Crippen LogP contribution in [-0.2, 0) is 4.79 Å². The highest BCUT2D eigenvalue weighted by Gasteiger charge is 1.83. The van der Waals surface area contributed by atoms with E-state index >= 15 is 0 Å². The third kappa shape index (κ3) is 4.61. The average molecular weight is 124 g/mol. The van der Waals surface area contributed by atoms with Crippen LogP contribution in [0.25, 0.3) is 0 Å². The SMILES string of the molecule is C/C=C\N=C\C(=O)C=N. The minimum atomic E-state index is -0.395. The van der Waals surface area contributed by atoms with Crippen LogP contribution in [0.4, 0.5) is 0 Å². The van der Waals surface area contributed by atoms with Gasteiger partial charge in [0.1, 0.15) is 0 Å². The maximum Gasteiger partial charge on any atom is 0.214 e. The van der Waals surface area contributed by atoms with Crippen LogP contribution >= 0.6 is 0 Å². The molecule has 0 atom stereocenters. The molecule has 1 N–H and O–H groups in total. The molecule has 0 aromatic carbocycles. The minimum Gasteiger partial charge on any atom is -0.305 e. The Bertz CT molecular complexity index is 158. The lowest BCUT2D eigenvalue weighted by Gasteiger charge is -1.73. The van der Waals surface area contributed by atoms with E-state index < -0.39 is 5.78 Å². The van der Waals surface area contributed by atoms with Crippen molar-refractivity contribution in [2.45, 2.75) is 6.92 Å². The number of nitrogens with one attached hydrogen (secondary N) is 1. The monoisotopic (exact) mass is 124 g/mol. The van der Waals surface area contributed by atoms with Gasteiger partial charge in [-0.1, -0.05) is 6.08 Å². The van der Waals surface area contributed by atoms with Gasteiger partial charge in [-0.3, -0.25) is 9.79 Å². The standard InChI is InChI=1S/C6H8N2O/c1-2-3-8-5-6(9)4-7/h2-5,7H,1H3/b3-2-,7-4?,8-5+. The number of Topliss-reactive ketones (excluding diaryl/α,β-unsaturated/α-hetero) is 1. The van der Waals surface area contributed by atoms with Crippen molar-refractivity contribution in [1.82, 2.24) is 0 Å². The van der Waals surface area contributed by atoms with Crippen molar-refractivity contribution in [3.63, 3.8) is 0 Å². The molecule has 0 aliphatic carbocycles. The second kappa shape index (κ2) is 4.90. The van der Waals surface area contributed by atoms with E-state index in [0.717, 1.165) is 6.21 Å². The molecular formula is C6H8N2O. The highest BCUT2D eigenvalue weighted by Crippen LogP contribution is 1.69. The first-order chi connectivity index (χ1) is 4.31. The van der Waals surface area contributed by atoms with Crippen molar-refractivity contribution < 1.29 is 4.79 Å². The lowest BCUT2D eigenvalue weighted by Crippen LogP contribution is -1.97. The fraction of sp³-hybridized carbons (Fsp3) is 0.167. The van der Waals surface area contributed by atoms with Crippen LogP contribution in [-0.4, -0.2) is 18.2 Å². The summed E-state index contributed by atoms with van der Waals surface area (Å²) in [6.07, 6.45) is 5.00.